The number of sulfonamides is 1. The van der Waals surface area contributed by atoms with Gasteiger partial charge < -0.3 is 9.26 Å². The second-order valence-electron chi connectivity index (χ2n) is 9.13. The summed E-state index contributed by atoms with van der Waals surface area (Å²) in [6, 6.07) is 6.52. The Morgan fingerprint density at radius 1 is 1.11 bits per heavy atom. The molecule has 0 amide bonds. The molecule has 1 aliphatic carbocycles. The molecular weight excluding hydrogens is 470 g/mol. The van der Waals surface area contributed by atoms with E-state index in [9.17, 15) is 8.42 Å². The smallest absolute Gasteiger partial charge is 0.245 e. The van der Waals surface area contributed by atoms with E-state index < -0.39 is 10.0 Å². The SMILES string of the molecule is CC(C)c1noc(C2CCC(Oc3ncnc4c(-c5ccccc5S(N)(=O)=O)n(C)nc34)CC2)n1. The molecule has 0 radical (unpaired) electrons. The van der Waals surface area contributed by atoms with Crippen LogP contribution in [0.15, 0.2) is 40.0 Å². The van der Waals surface area contributed by atoms with Crippen LogP contribution in [0.1, 0.15) is 63.1 Å². The third kappa shape index (κ3) is 4.50. The summed E-state index contributed by atoms with van der Waals surface area (Å²) in [4.78, 5) is 13.3. The second kappa shape index (κ2) is 9.00. The van der Waals surface area contributed by atoms with Crippen molar-refractivity contribution in [2.24, 2.45) is 12.2 Å². The fourth-order valence-electron chi connectivity index (χ4n) is 4.51. The van der Waals surface area contributed by atoms with Crippen molar-refractivity contribution in [3.05, 3.63) is 42.3 Å². The first-order valence-electron chi connectivity index (χ1n) is 11.5. The summed E-state index contributed by atoms with van der Waals surface area (Å²) in [7, 11) is -2.22. The van der Waals surface area contributed by atoms with Crippen LogP contribution < -0.4 is 9.88 Å². The van der Waals surface area contributed by atoms with Gasteiger partial charge in [-0.2, -0.15) is 15.1 Å². The average molecular weight is 498 g/mol. The van der Waals surface area contributed by atoms with Crippen molar-refractivity contribution in [3.8, 4) is 17.1 Å². The van der Waals surface area contributed by atoms with Gasteiger partial charge in [0, 0.05) is 24.4 Å². The van der Waals surface area contributed by atoms with Gasteiger partial charge in [0.2, 0.25) is 21.8 Å². The fourth-order valence-corrected chi connectivity index (χ4v) is 5.25. The molecule has 5 rings (SSSR count). The third-order valence-corrected chi connectivity index (χ3v) is 7.28. The molecule has 0 bridgehead atoms. The van der Waals surface area contributed by atoms with Crippen LogP contribution in [-0.2, 0) is 17.1 Å². The highest BCUT2D eigenvalue weighted by molar-refractivity contribution is 7.89. The van der Waals surface area contributed by atoms with Gasteiger partial charge in [-0.15, -0.1) is 0 Å². The highest BCUT2D eigenvalue weighted by atomic mass is 32.2. The van der Waals surface area contributed by atoms with E-state index in [-0.39, 0.29) is 22.8 Å². The van der Waals surface area contributed by atoms with E-state index in [1.54, 1.807) is 29.9 Å². The predicted molar refractivity (Wildman–Crippen MR) is 127 cm³/mol. The number of nitrogens with zero attached hydrogens (tertiary/aromatic N) is 6. The van der Waals surface area contributed by atoms with Crippen LogP contribution in [-0.4, -0.2) is 44.4 Å². The Morgan fingerprint density at radius 3 is 2.54 bits per heavy atom. The monoisotopic (exact) mass is 497 g/mol. The Balaban J connectivity index is 1.39. The number of hydrogen-bond donors (Lipinski definition) is 1. The van der Waals surface area contributed by atoms with Crippen molar-refractivity contribution >= 4 is 21.1 Å². The lowest BCUT2D eigenvalue weighted by Crippen LogP contribution is -2.24. The van der Waals surface area contributed by atoms with E-state index in [0.717, 1.165) is 31.5 Å². The minimum absolute atomic E-state index is 0.00551. The van der Waals surface area contributed by atoms with E-state index in [0.29, 0.717) is 34.1 Å². The number of fused-ring (bicyclic) bond motifs is 1. The van der Waals surface area contributed by atoms with Crippen molar-refractivity contribution in [3.63, 3.8) is 0 Å². The average Bonchev–Trinajstić information content (AvgIpc) is 3.44. The van der Waals surface area contributed by atoms with Gasteiger partial charge in [-0.05, 0) is 31.7 Å². The van der Waals surface area contributed by atoms with Crippen LogP contribution in [0.4, 0.5) is 0 Å². The molecule has 1 aliphatic rings. The van der Waals surface area contributed by atoms with E-state index in [2.05, 4.69) is 25.2 Å². The van der Waals surface area contributed by atoms with Gasteiger partial charge in [0.25, 0.3) is 0 Å². The van der Waals surface area contributed by atoms with E-state index in [4.69, 9.17) is 14.4 Å². The molecule has 12 heteroatoms. The number of nitrogens with two attached hydrogens (primary N) is 1. The minimum Gasteiger partial charge on any atom is -0.473 e. The summed E-state index contributed by atoms with van der Waals surface area (Å²) in [6.45, 7) is 4.08. The zero-order chi connectivity index (χ0) is 24.7. The molecule has 2 N–H and O–H groups in total. The number of rotatable bonds is 6. The van der Waals surface area contributed by atoms with Crippen LogP contribution >= 0.6 is 0 Å². The number of hydrogen-bond acceptors (Lipinski definition) is 9. The Bertz CT molecular complexity index is 1470. The molecule has 0 unspecified atom stereocenters. The Hall–Kier alpha value is -3.38. The van der Waals surface area contributed by atoms with Gasteiger partial charge in [-0.3, -0.25) is 4.68 Å². The van der Waals surface area contributed by atoms with Crippen molar-refractivity contribution in [1.29, 1.82) is 0 Å². The highest BCUT2D eigenvalue weighted by Crippen LogP contribution is 2.37. The second-order valence-corrected chi connectivity index (χ2v) is 10.7. The predicted octanol–water partition coefficient (Wildman–Crippen LogP) is 3.29. The minimum atomic E-state index is -3.94. The maximum absolute atomic E-state index is 12.2. The molecule has 1 fully saturated rings. The van der Waals surface area contributed by atoms with Gasteiger partial charge in [0.1, 0.15) is 17.9 Å². The molecule has 1 saturated carbocycles. The summed E-state index contributed by atoms with van der Waals surface area (Å²) in [5.74, 6) is 2.24. The fraction of sp³-hybridized carbons (Fsp3) is 0.435. The molecule has 0 aliphatic heterocycles. The molecular formula is C23H27N7O4S. The number of ether oxygens (including phenoxy) is 1. The van der Waals surface area contributed by atoms with Crippen molar-refractivity contribution < 1.29 is 17.7 Å². The maximum atomic E-state index is 12.2. The largest absolute Gasteiger partial charge is 0.473 e. The lowest BCUT2D eigenvalue weighted by Gasteiger charge is -2.26. The Kier molecular flexibility index (Phi) is 6.01. The third-order valence-electron chi connectivity index (χ3n) is 6.31. The first-order valence-corrected chi connectivity index (χ1v) is 13.1. The summed E-state index contributed by atoms with van der Waals surface area (Å²) in [5.41, 5.74) is 1.91. The van der Waals surface area contributed by atoms with Crippen molar-refractivity contribution in [1.82, 2.24) is 29.9 Å². The molecule has 4 aromatic rings. The maximum Gasteiger partial charge on any atom is 0.245 e. The van der Waals surface area contributed by atoms with Gasteiger partial charge in [-0.25, -0.2) is 18.5 Å². The van der Waals surface area contributed by atoms with Crippen molar-refractivity contribution in [2.75, 3.05) is 0 Å². The molecule has 0 saturated heterocycles. The standard InChI is InChI=1S/C23H27N7O4S/c1-13(2)21-27-22(34-29-21)14-8-10-15(11-9-14)33-23-19-18(25-12-26-23)20(30(3)28-19)16-6-4-5-7-17(16)35(24,31)32/h4-7,12-15H,8-11H2,1-3H3,(H2,24,31,32). The topological polar surface area (TPSA) is 152 Å². The summed E-state index contributed by atoms with van der Waals surface area (Å²) >= 11 is 0. The van der Waals surface area contributed by atoms with Crippen molar-refractivity contribution in [2.45, 2.75) is 62.4 Å². The molecule has 3 heterocycles. The van der Waals surface area contributed by atoms with Crippen LogP contribution in [0.25, 0.3) is 22.3 Å². The lowest BCUT2D eigenvalue weighted by atomic mass is 9.87. The molecule has 0 atom stereocenters. The summed E-state index contributed by atoms with van der Waals surface area (Å²) in [5, 5.41) is 14.1. The van der Waals surface area contributed by atoms with Gasteiger partial charge in [-0.1, -0.05) is 37.2 Å². The molecule has 3 aromatic heterocycles. The molecule has 0 spiro atoms. The quantitative estimate of drug-likeness (QED) is 0.423. The molecule has 1 aromatic carbocycles. The molecule has 35 heavy (non-hydrogen) atoms. The number of aromatic nitrogens is 6. The Morgan fingerprint density at radius 2 is 1.86 bits per heavy atom. The van der Waals surface area contributed by atoms with Crippen LogP contribution in [0.2, 0.25) is 0 Å². The first-order chi connectivity index (χ1) is 16.7. The first kappa shape index (κ1) is 23.4. The van der Waals surface area contributed by atoms with Gasteiger partial charge in [0.15, 0.2) is 11.3 Å². The van der Waals surface area contributed by atoms with Crippen LogP contribution in [0, 0.1) is 0 Å². The van der Waals surface area contributed by atoms with Crippen LogP contribution in [0.3, 0.4) is 0 Å². The lowest BCUT2D eigenvalue weighted by molar-refractivity contribution is 0.135. The number of benzene rings is 1. The zero-order valence-corrected chi connectivity index (χ0v) is 20.6. The van der Waals surface area contributed by atoms with E-state index >= 15 is 0 Å². The van der Waals surface area contributed by atoms with Gasteiger partial charge in [0.05, 0.1) is 10.6 Å². The summed E-state index contributed by atoms with van der Waals surface area (Å²) in [6.07, 6.45) is 4.72. The normalized spacial score (nSPS) is 18.9. The number of primary sulfonamides is 1. The van der Waals surface area contributed by atoms with Gasteiger partial charge >= 0.3 is 0 Å². The molecule has 184 valence electrons. The number of aryl methyl sites for hydroxylation is 1. The molecule has 11 nitrogen and oxygen atoms in total. The highest BCUT2D eigenvalue weighted by Gasteiger charge is 2.29. The Labute approximate surface area is 202 Å². The van der Waals surface area contributed by atoms with Crippen LogP contribution in [0.5, 0.6) is 5.88 Å². The van der Waals surface area contributed by atoms with E-state index in [1.807, 2.05) is 13.8 Å². The summed E-state index contributed by atoms with van der Waals surface area (Å²) < 4.78 is 37.7. The van der Waals surface area contributed by atoms with E-state index in [1.165, 1.54) is 12.4 Å². The zero-order valence-electron chi connectivity index (χ0n) is 19.7.